The molecule has 3 nitrogen and oxygen atoms in total. The molecule has 0 unspecified atom stereocenters. The highest BCUT2D eigenvalue weighted by Crippen LogP contribution is 2.31. The quantitative estimate of drug-likeness (QED) is 0.796. The molecule has 1 aliphatic rings. The van der Waals surface area contributed by atoms with Gasteiger partial charge in [-0.1, -0.05) is 17.7 Å². The molecular formula is C16H11F2NO2. The molecule has 1 aliphatic heterocycles. The molecule has 0 radical (unpaired) electrons. The van der Waals surface area contributed by atoms with Crippen LogP contribution in [0.25, 0.3) is 0 Å². The number of nitrogens with zero attached hydrogens (tertiary/aromatic N) is 1. The molecule has 0 fully saturated rings. The number of halogens is 2. The maximum Gasteiger partial charge on any atom is 0.299 e. The number of hydrogen-bond donors (Lipinski definition) is 0. The van der Waals surface area contributed by atoms with E-state index in [1.54, 1.807) is 18.2 Å². The van der Waals surface area contributed by atoms with Crippen LogP contribution >= 0.6 is 0 Å². The van der Waals surface area contributed by atoms with Crippen molar-refractivity contribution in [2.45, 2.75) is 13.5 Å². The Balaban J connectivity index is 2.00. The number of anilines is 1. The minimum atomic E-state index is -0.740. The highest BCUT2D eigenvalue weighted by atomic mass is 19.1. The number of hydrogen-bond acceptors (Lipinski definition) is 2. The van der Waals surface area contributed by atoms with Gasteiger partial charge in [-0.25, -0.2) is 8.78 Å². The molecule has 106 valence electrons. The summed E-state index contributed by atoms with van der Waals surface area (Å²) in [5, 5.41) is 0. The van der Waals surface area contributed by atoms with Crippen molar-refractivity contribution in [2.24, 2.45) is 0 Å². The summed E-state index contributed by atoms with van der Waals surface area (Å²) in [5.41, 5.74) is 1.80. The first kappa shape index (κ1) is 13.4. The first-order chi connectivity index (χ1) is 9.97. The summed E-state index contributed by atoms with van der Waals surface area (Å²) < 4.78 is 26.6. The van der Waals surface area contributed by atoms with Crippen LogP contribution in [0.2, 0.25) is 0 Å². The summed E-state index contributed by atoms with van der Waals surface area (Å²) >= 11 is 0. The van der Waals surface area contributed by atoms with Gasteiger partial charge in [0.1, 0.15) is 11.6 Å². The summed E-state index contributed by atoms with van der Waals surface area (Å²) in [4.78, 5) is 25.2. The zero-order valence-corrected chi connectivity index (χ0v) is 11.2. The normalized spacial score (nSPS) is 13.8. The zero-order valence-electron chi connectivity index (χ0n) is 11.2. The fourth-order valence-electron chi connectivity index (χ4n) is 2.39. The summed E-state index contributed by atoms with van der Waals surface area (Å²) in [5.74, 6) is -2.72. The van der Waals surface area contributed by atoms with Crippen molar-refractivity contribution in [1.29, 1.82) is 0 Å². The molecule has 1 heterocycles. The van der Waals surface area contributed by atoms with Crippen molar-refractivity contribution in [2.75, 3.05) is 4.90 Å². The number of benzene rings is 2. The van der Waals surface area contributed by atoms with Crippen molar-refractivity contribution < 1.29 is 18.4 Å². The Morgan fingerprint density at radius 2 is 1.81 bits per heavy atom. The van der Waals surface area contributed by atoms with Gasteiger partial charge < -0.3 is 4.90 Å². The summed E-state index contributed by atoms with van der Waals surface area (Å²) in [6, 6.07) is 8.23. The number of carbonyl (C=O) groups is 2. The highest BCUT2D eigenvalue weighted by molar-refractivity contribution is 6.52. The molecule has 21 heavy (non-hydrogen) atoms. The van der Waals surface area contributed by atoms with Crippen molar-refractivity contribution in [3.8, 4) is 0 Å². The lowest BCUT2D eigenvalue weighted by Gasteiger charge is -2.17. The van der Waals surface area contributed by atoms with Gasteiger partial charge in [0.05, 0.1) is 17.8 Å². The van der Waals surface area contributed by atoms with Gasteiger partial charge in [0.25, 0.3) is 11.7 Å². The lowest BCUT2D eigenvalue weighted by molar-refractivity contribution is -0.114. The number of rotatable bonds is 2. The highest BCUT2D eigenvalue weighted by Gasteiger charge is 2.36. The summed E-state index contributed by atoms with van der Waals surface area (Å²) in [6.45, 7) is 1.72. The minimum absolute atomic E-state index is 0.104. The maximum atomic E-state index is 13.7. The van der Waals surface area contributed by atoms with Gasteiger partial charge in [0, 0.05) is 11.6 Å². The smallest absolute Gasteiger partial charge is 0.299 e. The van der Waals surface area contributed by atoms with E-state index in [0.717, 1.165) is 17.7 Å². The molecule has 0 aliphatic carbocycles. The van der Waals surface area contributed by atoms with Crippen LogP contribution in [0.15, 0.2) is 36.4 Å². The van der Waals surface area contributed by atoms with E-state index in [9.17, 15) is 18.4 Å². The van der Waals surface area contributed by atoms with Gasteiger partial charge in [-0.05, 0) is 25.1 Å². The van der Waals surface area contributed by atoms with Crippen LogP contribution < -0.4 is 4.90 Å². The molecule has 0 aromatic heterocycles. The largest absolute Gasteiger partial charge is 0.300 e. The molecule has 2 aromatic carbocycles. The Bertz CT molecular complexity index is 771. The number of Topliss-reactive ketones (excluding diaryl/α,β-unsaturated/α-hetero) is 1. The number of amides is 1. The maximum absolute atomic E-state index is 13.7. The molecule has 5 heteroatoms. The Morgan fingerprint density at radius 1 is 1.05 bits per heavy atom. The van der Waals surface area contributed by atoms with Crippen LogP contribution in [0.5, 0.6) is 0 Å². The van der Waals surface area contributed by atoms with E-state index < -0.39 is 23.3 Å². The Hall–Kier alpha value is -2.56. The molecule has 3 rings (SSSR count). The molecule has 0 spiro atoms. The van der Waals surface area contributed by atoms with Gasteiger partial charge in [0.2, 0.25) is 0 Å². The number of fused-ring (bicyclic) bond motifs is 1. The molecule has 0 N–H and O–H groups in total. The number of carbonyl (C=O) groups excluding carboxylic acids is 2. The fraction of sp³-hybridized carbons (Fsp3) is 0.125. The molecule has 2 aromatic rings. The Labute approximate surface area is 119 Å². The van der Waals surface area contributed by atoms with Crippen LogP contribution in [-0.4, -0.2) is 11.7 Å². The van der Waals surface area contributed by atoms with Crippen LogP contribution in [-0.2, 0) is 11.3 Å². The van der Waals surface area contributed by atoms with Crippen LogP contribution in [0.3, 0.4) is 0 Å². The van der Waals surface area contributed by atoms with E-state index in [0.29, 0.717) is 11.3 Å². The first-order valence-corrected chi connectivity index (χ1v) is 6.38. The van der Waals surface area contributed by atoms with Gasteiger partial charge in [-0.15, -0.1) is 0 Å². The molecule has 0 bridgehead atoms. The Kier molecular flexibility index (Phi) is 3.05. The molecule has 0 atom stereocenters. The second-order valence-electron chi connectivity index (χ2n) is 4.98. The monoisotopic (exact) mass is 287 g/mol. The van der Waals surface area contributed by atoms with Gasteiger partial charge in [-0.3, -0.25) is 9.59 Å². The predicted octanol–water partition coefficient (Wildman–Crippen LogP) is 3.00. The minimum Gasteiger partial charge on any atom is -0.300 e. The van der Waals surface area contributed by atoms with E-state index in [-0.39, 0.29) is 12.1 Å². The summed E-state index contributed by atoms with van der Waals surface area (Å²) in [6.07, 6.45) is 0. The predicted molar refractivity (Wildman–Crippen MR) is 73.1 cm³/mol. The topological polar surface area (TPSA) is 37.4 Å². The fourth-order valence-corrected chi connectivity index (χ4v) is 2.39. The molecule has 1 amide bonds. The Morgan fingerprint density at radius 3 is 2.52 bits per heavy atom. The van der Waals surface area contributed by atoms with Gasteiger partial charge in [-0.2, -0.15) is 0 Å². The lowest BCUT2D eigenvalue weighted by Crippen LogP contribution is -2.29. The molecule has 0 saturated carbocycles. The average Bonchev–Trinajstić information content (AvgIpc) is 2.66. The van der Waals surface area contributed by atoms with E-state index in [2.05, 4.69) is 0 Å². The SMILES string of the molecule is Cc1ccc2c(c1)C(=O)C(=O)N2Cc1ccc(F)cc1F. The average molecular weight is 287 g/mol. The zero-order chi connectivity index (χ0) is 15.1. The number of aryl methyl sites for hydroxylation is 1. The van der Waals surface area contributed by atoms with Crippen molar-refractivity contribution >= 4 is 17.4 Å². The number of ketones is 1. The van der Waals surface area contributed by atoms with E-state index in [4.69, 9.17) is 0 Å². The van der Waals surface area contributed by atoms with Gasteiger partial charge in [0.15, 0.2) is 0 Å². The van der Waals surface area contributed by atoms with Crippen molar-refractivity contribution in [3.63, 3.8) is 0 Å². The van der Waals surface area contributed by atoms with Crippen LogP contribution in [0.1, 0.15) is 21.5 Å². The summed E-state index contributed by atoms with van der Waals surface area (Å²) in [7, 11) is 0. The molecular weight excluding hydrogens is 276 g/mol. The van der Waals surface area contributed by atoms with E-state index >= 15 is 0 Å². The van der Waals surface area contributed by atoms with Crippen molar-refractivity contribution in [1.82, 2.24) is 0 Å². The lowest BCUT2D eigenvalue weighted by atomic mass is 10.1. The third-order valence-electron chi connectivity index (χ3n) is 3.47. The van der Waals surface area contributed by atoms with Gasteiger partial charge >= 0.3 is 0 Å². The van der Waals surface area contributed by atoms with E-state index in [1.165, 1.54) is 11.0 Å². The third kappa shape index (κ3) is 2.20. The second kappa shape index (κ2) is 4.77. The van der Waals surface area contributed by atoms with Crippen LogP contribution in [0.4, 0.5) is 14.5 Å². The molecule has 0 saturated heterocycles. The first-order valence-electron chi connectivity index (χ1n) is 6.38. The van der Waals surface area contributed by atoms with Crippen molar-refractivity contribution in [3.05, 3.63) is 64.7 Å². The second-order valence-corrected chi connectivity index (χ2v) is 4.98. The standard InChI is InChI=1S/C16H11F2NO2/c1-9-2-5-14-12(6-9)15(20)16(21)19(14)8-10-3-4-11(17)7-13(10)18/h2-7H,8H2,1H3. The van der Waals surface area contributed by atoms with Crippen LogP contribution in [0, 0.1) is 18.6 Å². The van der Waals surface area contributed by atoms with E-state index in [1.807, 2.05) is 6.92 Å². The third-order valence-corrected chi connectivity index (χ3v) is 3.47.